The molecule has 1 aliphatic heterocycles. The first kappa shape index (κ1) is 11.1. The summed E-state index contributed by atoms with van der Waals surface area (Å²) in [6.07, 6.45) is 1.12. The van der Waals surface area contributed by atoms with Gasteiger partial charge in [-0.1, -0.05) is 19.9 Å². The summed E-state index contributed by atoms with van der Waals surface area (Å²) in [4.78, 5) is 0. The van der Waals surface area contributed by atoms with Gasteiger partial charge in [-0.3, -0.25) is 0 Å². The molecule has 2 nitrogen and oxygen atoms in total. The predicted octanol–water partition coefficient (Wildman–Crippen LogP) is 2.37. The molecule has 0 amide bonds. The Hall–Kier alpha value is -1.02. The van der Waals surface area contributed by atoms with Crippen molar-refractivity contribution in [3.05, 3.63) is 29.3 Å². The molecule has 2 heteroatoms. The first-order valence-electron chi connectivity index (χ1n) is 5.26. The minimum atomic E-state index is 0.968. The molecule has 0 radical (unpaired) electrons. The lowest BCUT2D eigenvalue weighted by Crippen LogP contribution is -2.23. The smallest absolute Gasteiger partial charge is 0.119 e. The Labute approximate surface area is 86.3 Å². The minimum Gasteiger partial charge on any atom is -0.497 e. The van der Waals surface area contributed by atoms with Crippen LogP contribution in [-0.2, 0) is 13.0 Å². The van der Waals surface area contributed by atoms with Crippen LogP contribution >= 0.6 is 0 Å². The Morgan fingerprint density at radius 1 is 1.21 bits per heavy atom. The van der Waals surface area contributed by atoms with Crippen LogP contribution in [0.15, 0.2) is 18.2 Å². The van der Waals surface area contributed by atoms with Crippen LogP contribution in [0, 0.1) is 0 Å². The maximum atomic E-state index is 5.16. The highest BCUT2D eigenvalue weighted by Gasteiger charge is 2.08. The molecule has 1 heterocycles. The van der Waals surface area contributed by atoms with Crippen molar-refractivity contribution < 1.29 is 4.74 Å². The van der Waals surface area contributed by atoms with Gasteiger partial charge in [0.05, 0.1) is 7.11 Å². The average molecular weight is 193 g/mol. The Kier molecular flexibility index (Phi) is 4.47. The van der Waals surface area contributed by atoms with Crippen LogP contribution in [0.5, 0.6) is 5.75 Å². The van der Waals surface area contributed by atoms with E-state index in [9.17, 15) is 0 Å². The maximum Gasteiger partial charge on any atom is 0.119 e. The van der Waals surface area contributed by atoms with Crippen molar-refractivity contribution in [3.8, 4) is 5.75 Å². The van der Waals surface area contributed by atoms with Gasteiger partial charge in [-0.05, 0) is 36.2 Å². The third-order valence-corrected chi connectivity index (χ3v) is 2.30. The lowest BCUT2D eigenvalue weighted by atomic mass is 10.0. The van der Waals surface area contributed by atoms with Crippen LogP contribution in [0.2, 0.25) is 0 Å². The topological polar surface area (TPSA) is 21.3 Å². The first-order valence-corrected chi connectivity index (χ1v) is 5.26. The van der Waals surface area contributed by atoms with Crippen LogP contribution in [0.4, 0.5) is 0 Å². The standard InChI is InChI=1S/C10H13NO.C2H6/c1-12-10-3-2-9-7-11-5-4-8(9)6-10;1-2/h2-3,6,11H,4-5,7H2,1H3;1-2H3. The van der Waals surface area contributed by atoms with Gasteiger partial charge in [0.1, 0.15) is 5.75 Å². The van der Waals surface area contributed by atoms with Crippen LogP contribution in [0.3, 0.4) is 0 Å². The van der Waals surface area contributed by atoms with E-state index in [1.165, 1.54) is 11.1 Å². The molecule has 0 fully saturated rings. The second-order valence-corrected chi connectivity index (χ2v) is 3.06. The normalized spacial score (nSPS) is 13.6. The average Bonchev–Trinajstić information content (AvgIpc) is 2.31. The Morgan fingerprint density at radius 3 is 2.71 bits per heavy atom. The van der Waals surface area contributed by atoms with Gasteiger partial charge in [-0.15, -0.1) is 0 Å². The minimum absolute atomic E-state index is 0.968. The zero-order valence-corrected chi connectivity index (χ0v) is 9.26. The largest absolute Gasteiger partial charge is 0.497 e. The zero-order valence-electron chi connectivity index (χ0n) is 9.26. The molecule has 0 spiro atoms. The Morgan fingerprint density at radius 2 is 2.00 bits per heavy atom. The van der Waals surface area contributed by atoms with Gasteiger partial charge in [0.25, 0.3) is 0 Å². The van der Waals surface area contributed by atoms with Gasteiger partial charge in [0.15, 0.2) is 0 Å². The molecule has 0 aliphatic carbocycles. The van der Waals surface area contributed by atoms with E-state index in [0.717, 1.165) is 25.3 Å². The van der Waals surface area contributed by atoms with Crippen LogP contribution in [-0.4, -0.2) is 13.7 Å². The lowest BCUT2D eigenvalue weighted by molar-refractivity contribution is 0.413. The summed E-state index contributed by atoms with van der Waals surface area (Å²) in [6, 6.07) is 6.29. The van der Waals surface area contributed by atoms with Crippen molar-refractivity contribution in [1.29, 1.82) is 0 Å². The van der Waals surface area contributed by atoms with Crippen molar-refractivity contribution >= 4 is 0 Å². The van der Waals surface area contributed by atoms with E-state index in [1.54, 1.807) is 7.11 Å². The van der Waals surface area contributed by atoms with Gasteiger partial charge >= 0.3 is 0 Å². The van der Waals surface area contributed by atoms with Crippen molar-refractivity contribution in [3.63, 3.8) is 0 Å². The van der Waals surface area contributed by atoms with Gasteiger partial charge in [0.2, 0.25) is 0 Å². The fourth-order valence-corrected chi connectivity index (χ4v) is 1.58. The van der Waals surface area contributed by atoms with E-state index < -0.39 is 0 Å². The fourth-order valence-electron chi connectivity index (χ4n) is 1.58. The van der Waals surface area contributed by atoms with Crippen molar-refractivity contribution in [2.75, 3.05) is 13.7 Å². The predicted molar refractivity (Wildman–Crippen MR) is 59.8 cm³/mol. The van der Waals surface area contributed by atoms with Crippen molar-refractivity contribution in [2.45, 2.75) is 26.8 Å². The number of rotatable bonds is 1. The molecular formula is C12H19NO. The number of nitrogens with one attached hydrogen (secondary N) is 1. The number of benzene rings is 1. The van der Waals surface area contributed by atoms with Gasteiger partial charge in [0, 0.05) is 6.54 Å². The molecule has 0 bridgehead atoms. The summed E-state index contributed by atoms with van der Waals surface area (Å²) < 4.78 is 5.16. The molecule has 1 aliphatic rings. The summed E-state index contributed by atoms with van der Waals surface area (Å²) >= 11 is 0. The summed E-state index contributed by atoms with van der Waals surface area (Å²) in [7, 11) is 1.71. The number of fused-ring (bicyclic) bond motifs is 1. The molecule has 0 aromatic heterocycles. The molecule has 1 N–H and O–H groups in total. The summed E-state index contributed by atoms with van der Waals surface area (Å²) in [5, 5.41) is 3.34. The van der Waals surface area contributed by atoms with E-state index in [1.807, 2.05) is 19.9 Å². The monoisotopic (exact) mass is 193 g/mol. The van der Waals surface area contributed by atoms with E-state index in [0.29, 0.717) is 0 Å². The number of ether oxygens (including phenoxy) is 1. The quantitative estimate of drug-likeness (QED) is 0.739. The molecule has 14 heavy (non-hydrogen) atoms. The van der Waals surface area contributed by atoms with E-state index >= 15 is 0 Å². The maximum absolute atomic E-state index is 5.16. The second-order valence-electron chi connectivity index (χ2n) is 3.06. The zero-order chi connectivity index (χ0) is 10.4. The number of methoxy groups -OCH3 is 1. The highest BCUT2D eigenvalue weighted by Crippen LogP contribution is 2.19. The Balaban J connectivity index is 0.000000461. The molecule has 0 saturated heterocycles. The van der Waals surface area contributed by atoms with Crippen molar-refractivity contribution in [1.82, 2.24) is 5.32 Å². The molecule has 0 unspecified atom stereocenters. The highest BCUT2D eigenvalue weighted by atomic mass is 16.5. The molecule has 1 aromatic rings. The fraction of sp³-hybridized carbons (Fsp3) is 0.500. The number of hydrogen-bond donors (Lipinski definition) is 1. The van der Waals surface area contributed by atoms with Crippen molar-refractivity contribution in [2.24, 2.45) is 0 Å². The van der Waals surface area contributed by atoms with E-state index in [4.69, 9.17) is 4.74 Å². The highest BCUT2D eigenvalue weighted by molar-refractivity contribution is 5.36. The van der Waals surface area contributed by atoms with Crippen LogP contribution in [0.1, 0.15) is 25.0 Å². The first-order chi connectivity index (χ1) is 6.90. The third kappa shape index (κ3) is 2.48. The van der Waals surface area contributed by atoms with E-state index in [-0.39, 0.29) is 0 Å². The molecule has 0 atom stereocenters. The lowest BCUT2D eigenvalue weighted by Gasteiger charge is -2.17. The Bertz CT molecular complexity index is 284. The van der Waals surface area contributed by atoms with Gasteiger partial charge in [-0.25, -0.2) is 0 Å². The SMILES string of the molecule is CC.COc1ccc2c(c1)CCNC2. The molecule has 1 aromatic carbocycles. The summed E-state index contributed by atoms with van der Waals surface area (Å²) in [6.45, 7) is 6.08. The molecule has 0 saturated carbocycles. The molecular weight excluding hydrogens is 174 g/mol. The van der Waals surface area contributed by atoms with Crippen LogP contribution < -0.4 is 10.1 Å². The molecule has 78 valence electrons. The second kappa shape index (κ2) is 5.66. The van der Waals surface area contributed by atoms with Gasteiger partial charge in [-0.2, -0.15) is 0 Å². The number of hydrogen-bond acceptors (Lipinski definition) is 2. The van der Waals surface area contributed by atoms with E-state index in [2.05, 4.69) is 17.4 Å². The summed E-state index contributed by atoms with van der Waals surface area (Å²) in [5.41, 5.74) is 2.83. The van der Waals surface area contributed by atoms with Gasteiger partial charge < -0.3 is 10.1 Å². The molecule has 2 rings (SSSR count). The third-order valence-electron chi connectivity index (χ3n) is 2.30. The van der Waals surface area contributed by atoms with Crippen LogP contribution in [0.25, 0.3) is 0 Å². The summed E-state index contributed by atoms with van der Waals surface area (Å²) in [5.74, 6) is 0.968.